The fraction of sp³-hybridized carbons (Fsp3) is 0.263. The lowest BCUT2D eigenvalue weighted by Gasteiger charge is -2.13. The predicted molar refractivity (Wildman–Crippen MR) is 101 cm³/mol. The molecule has 2 aromatic heterocycles. The van der Waals surface area contributed by atoms with Gasteiger partial charge in [-0.1, -0.05) is 6.07 Å². The van der Waals surface area contributed by atoms with Crippen molar-refractivity contribution in [1.82, 2.24) is 14.9 Å². The van der Waals surface area contributed by atoms with Crippen LogP contribution in [0.1, 0.15) is 28.9 Å². The van der Waals surface area contributed by atoms with Crippen molar-refractivity contribution in [3.05, 3.63) is 52.9 Å². The van der Waals surface area contributed by atoms with Gasteiger partial charge in [-0.2, -0.15) is 0 Å². The zero-order chi connectivity index (χ0) is 18.1. The smallest absolute Gasteiger partial charge is 0.270 e. The number of H-pyrrole nitrogens is 1. The van der Waals surface area contributed by atoms with E-state index in [9.17, 15) is 9.18 Å². The normalized spacial score (nSPS) is 14.0. The molecule has 0 spiro atoms. The number of carbonyl (C=O) groups is 1. The quantitative estimate of drug-likeness (QED) is 0.707. The van der Waals surface area contributed by atoms with Crippen LogP contribution >= 0.6 is 11.3 Å². The second kappa shape index (κ2) is 6.92. The topological polar surface area (TPSA) is 61.0 Å². The maximum absolute atomic E-state index is 13.7. The van der Waals surface area contributed by atoms with Gasteiger partial charge in [0.2, 0.25) is 0 Å². The van der Waals surface area contributed by atoms with Crippen molar-refractivity contribution in [2.24, 2.45) is 0 Å². The van der Waals surface area contributed by atoms with Crippen molar-refractivity contribution >= 4 is 28.1 Å². The third kappa shape index (κ3) is 3.35. The summed E-state index contributed by atoms with van der Waals surface area (Å²) in [6.07, 6.45) is 3.94. The summed E-state index contributed by atoms with van der Waals surface area (Å²) in [7, 11) is 0. The standard InChI is InChI=1S/C19H19FN4OS/c1-12-4-5-14(9-15(12)20)22-19-23-17(11-26-19)13-8-16(21-10-13)18(25)24-6-2-3-7-24/h4-5,8-11,21H,2-3,6-7H2,1H3,(H,22,23). The van der Waals surface area contributed by atoms with Crippen molar-refractivity contribution in [3.8, 4) is 11.3 Å². The highest BCUT2D eigenvalue weighted by Gasteiger charge is 2.21. The number of aromatic amines is 1. The van der Waals surface area contributed by atoms with Gasteiger partial charge < -0.3 is 15.2 Å². The Hall–Kier alpha value is -2.67. The molecule has 0 unspecified atom stereocenters. The first-order chi connectivity index (χ1) is 12.6. The minimum Gasteiger partial charge on any atom is -0.357 e. The van der Waals surface area contributed by atoms with E-state index >= 15 is 0 Å². The van der Waals surface area contributed by atoms with Crippen LogP contribution in [0, 0.1) is 12.7 Å². The lowest BCUT2D eigenvalue weighted by Crippen LogP contribution is -2.27. The molecule has 0 atom stereocenters. The molecule has 134 valence electrons. The number of hydrogen-bond donors (Lipinski definition) is 2. The number of aromatic nitrogens is 2. The molecule has 1 amide bonds. The summed E-state index contributed by atoms with van der Waals surface area (Å²) in [5.41, 5.74) is 3.50. The van der Waals surface area contributed by atoms with E-state index in [2.05, 4.69) is 15.3 Å². The molecule has 0 saturated carbocycles. The summed E-state index contributed by atoms with van der Waals surface area (Å²) in [6.45, 7) is 3.38. The van der Waals surface area contributed by atoms with Crippen LogP contribution in [0.4, 0.5) is 15.2 Å². The van der Waals surface area contributed by atoms with Gasteiger partial charge in [0.25, 0.3) is 5.91 Å². The molecule has 1 aromatic carbocycles. The fourth-order valence-electron chi connectivity index (χ4n) is 3.01. The average Bonchev–Trinajstić information content (AvgIpc) is 3.38. The average molecular weight is 370 g/mol. The molecular weight excluding hydrogens is 351 g/mol. The summed E-state index contributed by atoms with van der Waals surface area (Å²) in [5.74, 6) is -0.208. The minimum atomic E-state index is -0.248. The Morgan fingerprint density at radius 1 is 1.31 bits per heavy atom. The van der Waals surface area contributed by atoms with Gasteiger partial charge in [0, 0.05) is 35.9 Å². The number of rotatable bonds is 4. The van der Waals surface area contributed by atoms with Crippen LogP contribution in [-0.2, 0) is 0 Å². The predicted octanol–water partition coefficient (Wildman–Crippen LogP) is 4.57. The van der Waals surface area contributed by atoms with Crippen LogP contribution in [0.3, 0.4) is 0 Å². The van der Waals surface area contributed by atoms with Crippen molar-refractivity contribution in [2.75, 3.05) is 18.4 Å². The van der Waals surface area contributed by atoms with Gasteiger partial charge in [-0.05, 0) is 43.5 Å². The van der Waals surface area contributed by atoms with E-state index in [0.29, 0.717) is 22.1 Å². The second-order valence-electron chi connectivity index (χ2n) is 6.43. The first kappa shape index (κ1) is 16.8. The van der Waals surface area contributed by atoms with Gasteiger partial charge in [0.05, 0.1) is 5.69 Å². The molecular formula is C19H19FN4OS. The van der Waals surface area contributed by atoms with Crippen molar-refractivity contribution in [3.63, 3.8) is 0 Å². The Kier molecular flexibility index (Phi) is 4.46. The van der Waals surface area contributed by atoms with Gasteiger partial charge >= 0.3 is 0 Å². The van der Waals surface area contributed by atoms with Crippen LogP contribution in [-0.4, -0.2) is 33.9 Å². The fourth-order valence-corrected chi connectivity index (χ4v) is 3.75. The third-order valence-electron chi connectivity index (χ3n) is 4.53. The zero-order valence-electron chi connectivity index (χ0n) is 14.4. The summed E-state index contributed by atoms with van der Waals surface area (Å²) in [6, 6.07) is 6.85. The lowest BCUT2D eigenvalue weighted by atomic mass is 10.2. The Bertz CT molecular complexity index is 943. The molecule has 1 saturated heterocycles. The molecule has 1 fully saturated rings. The molecule has 5 nitrogen and oxygen atoms in total. The number of carbonyl (C=O) groups excluding carboxylic acids is 1. The summed E-state index contributed by atoms with van der Waals surface area (Å²) in [4.78, 5) is 21.9. The van der Waals surface area contributed by atoms with Gasteiger partial charge in [0.15, 0.2) is 5.13 Å². The molecule has 7 heteroatoms. The summed E-state index contributed by atoms with van der Waals surface area (Å²) >= 11 is 1.44. The van der Waals surface area contributed by atoms with Gasteiger partial charge in [-0.15, -0.1) is 11.3 Å². The third-order valence-corrected chi connectivity index (χ3v) is 5.29. The number of benzene rings is 1. The van der Waals surface area contributed by atoms with Crippen LogP contribution in [0.15, 0.2) is 35.8 Å². The van der Waals surface area contributed by atoms with Crippen molar-refractivity contribution < 1.29 is 9.18 Å². The Labute approximate surface area is 154 Å². The van der Waals surface area contributed by atoms with Crippen molar-refractivity contribution in [1.29, 1.82) is 0 Å². The minimum absolute atomic E-state index is 0.0393. The summed E-state index contributed by atoms with van der Waals surface area (Å²) in [5, 5.41) is 5.71. The number of nitrogens with one attached hydrogen (secondary N) is 2. The Morgan fingerprint density at radius 3 is 2.88 bits per heavy atom. The van der Waals surface area contributed by atoms with E-state index < -0.39 is 0 Å². The molecule has 2 N–H and O–H groups in total. The highest BCUT2D eigenvalue weighted by Crippen LogP contribution is 2.28. The maximum atomic E-state index is 13.7. The number of halogens is 1. The molecule has 0 radical (unpaired) electrons. The molecule has 1 aliphatic rings. The molecule has 3 aromatic rings. The monoisotopic (exact) mass is 370 g/mol. The maximum Gasteiger partial charge on any atom is 0.270 e. The number of aryl methyl sites for hydroxylation is 1. The molecule has 0 bridgehead atoms. The first-order valence-electron chi connectivity index (χ1n) is 8.57. The Balaban J connectivity index is 1.49. The second-order valence-corrected chi connectivity index (χ2v) is 7.29. The van der Waals surface area contributed by atoms with Gasteiger partial charge in [-0.25, -0.2) is 9.37 Å². The highest BCUT2D eigenvalue weighted by molar-refractivity contribution is 7.14. The van der Waals surface area contributed by atoms with Crippen LogP contribution in [0.25, 0.3) is 11.3 Å². The molecule has 4 rings (SSSR count). The van der Waals surface area contributed by atoms with Crippen LogP contribution < -0.4 is 5.32 Å². The van der Waals surface area contributed by atoms with E-state index in [1.54, 1.807) is 19.2 Å². The number of hydrogen-bond acceptors (Lipinski definition) is 4. The molecule has 3 heterocycles. The lowest BCUT2D eigenvalue weighted by molar-refractivity contribution is 0.0788. The highest BCUT2D eigenvalue weighted by atomic mass is 32.1. The molecule has 0 aliphatic carbocycles. The number of likely N-dealkylation sites (tertiary alicyclic amines) is 1. The number of amides is 1. The largest absolute Gasteiger partial charge is 0.357 e. The van der Waals surface area contributed by atoms with E-state index in [1.165, 1.54) is 17.4 Å². The van der Waals surface area contributed by atoms with Gasteiger partial charge in [-0.3, -0.25) is 4.79 Å². The number of nitrogens with zero attached hydrogens (tertiary/aromatic N) is 2. The van der Waals surface area contributed by atoms with E-state index in [0.717, 1.165) is 37.2 Å². The van der Waals surface area contributed by atoms with Crippen molar-refractivity contribution in [2.45, 2.75) is 19.8 Å². The van der Waals surface area contributed by atoms with Gasteiger partial charge in [0.1, 0.15) is 11.5 Å². The van der Waals surface area contributed by atoms with E-state index in [1.807, 2.05) is 22.4 Å². The van der Waals surface area contributed by atoms with E-state index in [4.69, 9.17) is 0 Å². The molecule has 26 heavy (non-hydrogen) atoms. The number of thiazole rings is 1. The van der Waals surface area contributed by atoms with Crippen LogP contribution in [0.2, 0.25) is 0 Å². The summed E-state index contributed by atoms with van der Waals surface area (Å²) < 4.78 is 13.7. The Morgan fingerprint density at radius 2 is 2.12 bits per heavy atom. The van der Waals surface area contributed by atoms with Crippen LogP contribution in [0.5, 0.6) is 0 Å². The first-order valence-corrected chi connectivity index (χ1v) is 9.45. The van der Waals surface area contributed by atoms with E-state index in [-0.39, 0.29) is 11.7 Å². The molecule has 1 aliphatic heterocycles. The number of anilines is 2. The SMILES string of the molecule is Cc1ccc(Nc2nc(-c3c[nH]c(C(=O)N4CCCC4)c3)cs2)cc1F. The zero-order valence-corrected chi connectivity index (χ0v) is 15.2.